The Bertz CT molecular complexity index is 529. The summed E-state index contributed by atoms with van der Waals surface area (Å²) in [6.07, 6.45) is 4.44. The molecule has 15 heavy (non-hydrogen) atoms. The predicted octanol–water partition coefficient (Wildman–Crippen LogP) is 3.13. The molecule has 0 bridgehead atoms. The Labute approximate surface area is 86.4 Å². The number of halogens is 1. The third-order valence-corrected chi connectivity index (χ3v) is 2.85. The number of hydrogen-bond donors (Lipinski definition) is 0. The lowest BCUT2D eigenvalue weighted by Crippen LogP contribution is -1.97. The van der Waals surface area contributed by atoms with E-state index in [1.54, 1.807) is 12.1 Å². The van der Waals surface area contributed by atoms with Crippen molar-refractivity contribution in [2.75, 3.05) is 6.54 Å². The maximum Gasteiger partial charge on any atom is 0.140 e. The van der Waals surface area contributed by atoms with Crippen molar-refractivity contribution in [1.29, 1.82) is 0 Å². The molecule has 1 aliphatic heterocycles. The maximum atomic E-state index is 13.4. The highest BCUT2D eigenvalue weighted by molar-refractivity contribution is 5.85. The lowest BCUT2D eigenvalue weighted by Gasteiger charge is -2.07. The van der Waals surface area contributed by atoms with Gasteiger partial charge in [-0.15, -0.1) is 0 Å². The monoisotopic (exact) mass is 203 g/mol. The molecule has 0 fully saturated rings. The van der Waals surface area contributed by atoms with Gasteiger partial charge in [-0.3, -0.25) is 4.99 Å². The zero-order chi connectivity index (χ0) is 10.3. The van der Waals surface area contributed by atoms with Crippen molar-refractivity contribution in [2.24, 2.45) is 4.99 Å². The summed E-state index contributed by atoms with van der Waals surface area (Å²) in [6.45, 7) is 0.851. The van der Waals surface area contributed by atoms with Gasteiger partial charge in [-0.05, 0) is 18.6 Å². The molecule has 0 aliphatic carbocycles. The maximum absolute atomic E-state index is 13.4. The van der Waals surface area contributed by atoms with Crippen molar-refractivity contribution in [3.8, 4) is 0 Å². The Morgan fingerprint density at radius 3 is 3.07 bits per heavy atom. The summed E-state index contributed by atoms with van der Waals surface area (Å²) in [5, 5.41) is 0.563. The molecule has 0 saturated carbocycles. The van der Waals surface area contributed by atoms with Gasteiger partial charge in [0, 0.05) is 24.2 Å². The molecule has 1 aromatic heterocycles. The number of furan rings is 1. The highest BCUT2D eigenvalue weighted by atomic mass is 19.1. The fourth-order valence-corrected chi connectivity index (χ4v) is 2.07. The van der Waals surface area contributed by atoms with Crippen molar-refractivity contribution in [2.45, 2.75) is 12.3 Å². The van der Waals surface area contributed by atoms with E-state index in [0.29, 0.717) is 11.0 Å². The fraction of sp³-hybridized carbons (Fsp3) is 0.250. The van der Waals surface area contributed by atoms with E-state index in [4.69, 9.17) is 4.42 Å². The Hall–Kier alpha value is -1.64. The van der Waals surface area contributed by atoms with Gasteiger partial charge < -0.3 is 4.42 Å². The van der Waals surface area contributed by atoms with Crippen molar-refractivity contribution in [1.82, 2.24) is 0 Å². The zero-order valence-electron chi connectivity index (χ0n) is 8.11. The van der Waals surface area contributed by atoms with Crippen LogP contribution in [0.5, 0.6) is 0 Å². The number of hydrogen-bond acceptors (Lipinski definition) is 2. The molecule has 1 aliphatic rings. The minimum Gasteiger partial charge on any atom is -0.464 e. The van der Waals surface area contributed by atoms with Crippen LogP contribution in [0.4, 0.5) is 4.39 Å². The van der Waals surface area contributed by atoms with Crippen LogP contribution in [-0.4, -0.2) is 12.8 Å². The van der Waals surface area contributed by atoms with Crippen LogP contribution in [0.15, 0.2) is 33.9 Å². The number of fused-ring (bicyclic) bond motifs is 1. The van der Waals surface area contributed by atoms with Crippen molar-refractivity contribution in [3.63, 3.8) is 0 Å². The van der Waals surface area contributed by atoms with Gasteiger partial charge in [-0.25, -0.2) is 4.39 Å². The Balaban J connectivity index is 2.22. The molecule has 3 rings (SSSR count). The van der Waals surface area contributed by atoms with Crippen LogP contribution in [0.2, 0.25) is 0 Å². The standard InChI is InChI=1S/C12H10FNO/c13-11-2-1-9(8-3-5-14-7-8)12-10(11)4-6-15-12/h1-2,4,6-8H,3,5H2. The SMILES string of the molecule is Fc1ccc(C2C=NCC2)c2occc12. The van der Waals surface area contributed by atoms with Crippen LogP contribution in [0.25, 0.3) is 11.0 Å². The molecule has 2 nitrogen and oxygen atoms in total. The van der Waals surface area contributed by atoms with E-state index in [9.17, 15) is 4.39 Å². The second kappa shape index (κ2) is 3.19. The lowest BCUT2D eigenvalue weighted by atomic mass is 9.97. The zero-order valence-corrected chi connectivity index (χ0v) is 8.11. The summed E-state index contributed by atoms with van der Waals surface area (Å²) in [5.74, 6) is 0.0525. The van der Waals surface area contributed by atoms with Crippen LogP contribution in [0, 0.1) is 5.82 Å². The van der Waals surface area contributed by atoms with Crippen LogP contribution in [0.1, 0.15) is 17.9 Å². The van der Waals surface area contributed by atoms with Crippen LogP contribution in [0.3, 0.4) is 0 Å². The molecule has 76 valence electrons. The smallest absolute Gasteiger partial charge is 0.140 e. The molecule has 3 heteroatoms. The topological polar surface area (TPSA) is 25.5 Å². The molecule has 1 aromatic carbocycles. The number of nitrogens with zero attached hydrogens (tertiary/aromatic N) is 1. The van der Waals surface area contributed by atoms with Crippen LogP contribution >= 0.6 is 0 Å². The number of aliphatic imine (C=N–C) groups is 1. The second-order valence-electron chi connectivity index (χ2n) is 3.75. The third-order valence-electron chi connectivity index (χ3n) is 2.85. The minimum absolute atomic E-state index is 0.225. The van der Waals surface area contributed by atoms with E-state index in [1.807, 2.05) is 6.21 Å². The molecule has 0 N–H and O–H groups in total. The van der Waals surface area contributed by atoms with Gasteiger partial charge in [-0.2, -0.15) is 0 Å². The van der Waals surface area contributed by atoms with Crippen molar-refractivity contribution in [3.05, 3.63) is 35.8 Å². The first kappa shape index (κ1) is 8.65. The molecule has 2 heterocycles. The summed E-state index contributed by atoms with van der Waals surface area (Å²) in [7, 11) is 0. The lowest BCUT2D eigenvalue weighted by molar-refractivity contribution is 0.603. The van der Waals surface area contributed by atoms with Gasteiger partial charge in [0.1, 0.15) is 11.4 Å². The van der Waals surface area contributed by atoms with Crippen molar-refractivity contribution >= 4 is 17.2 Å². The van der Waals surface area contributed by atoms with E-state index in [2.05, 4.69) is 4.99 Å². The highest BCUT2D eigenvalue weighted by Gasteiger charge is 2.18. The number of rotatable bonds is 1. The second-order valence-corrected chi connectivity index (χ2v) is 3.75. The van der Waals surface area contributed by atoms with E-state index >= 15 is 0 Å². The van der Waals surface area contributed by atoms with Gasteiger partial charge in [0.2, 0.25) is 0 Å². The highest BCUT2D eigenvalue weighted by Crippen LogP contribution is 2.31. The Morgan fingerprint density at radius 2 is 2.27 bits per heavy atom. The quantitative estimate of drug-likeness (QED) is 0.699. The van der Waals surface area contributed by atoms with E-state index in [-0.39, 0.29) is 11.7 Å². The van der Waals surface area contributed by atoms with Gasteiger partial charge >= 0.3 is 0 Å². The molecule has 0 saturated heterocycles. The number of benzene rings is 1. The first-order valence-electron chi connectivity index (χ1n) is 5.02. The molecule has 0 spiro atoms. The van der Waals surface area contributed by atoms with Gasteiger partial charge in [0.15, 0.2) is 0 Å². The van der Waals surface area contributed by atoms with Gasteiger partial charge in [0.05, 0.1) is 11.6 Å². The summed E-state index contributed by atoms with van der Waals surface area (Å²) in [6, 6.07) is 4.96. The van der Waals surface area contributed by atoms with E-state index < -0.39 is 0 Å². The average Bonchev–Trinajstić information content (AvgIpc) is 2.88. The minimum atomic E-state index is -0.225. The van der Waals surface area contributed by atoms with Crippen LogP contribution < -0.4 is 0 Å². The summed E-state index contributed by atoms with van der Waals surface area (Å²) >= 11 is 0. The Morgan fingerprint density at radius 1 is 1.33 bits per heavy atom. The van der Waals surface area contributed by atoms with E-state index in [0.717, 1.165) is 18.5 Å². The van der Waals surface area contributed by atoms with Crippen LogP contribution in [-0.2, 0) is 0 Å². The molecular formula is C12H10FNO. The normalized spacial score (nSPS) is 20.2. The molecular weight excluding hydrogens is 193 g/mol. The van der Waals surface area contributed by atoms with Crippen molar-refractivity contribution < 1.29 is 8.81 Å². The fourth-order valence-electron chi connectivity index (χ4n) is 2.07. The first-order valence-corrected chi connectivity index (χ1v) is 5.02. The Kier molecular flexibility index (Phi) is 1.84. The summed E-state index contributed by atoms with van der Waals surface area (Å²) in [4.78, 5) is 4.19. The summed E-state index contributed by atoms with van der Waals surface area (Å²) in [5.41, 5.74) is 1.70. The largest absolute Gasteiger partial charge is 0.464 e. The molecule has 1 unspecified atom stereocenters. The third kappa shape index (κ3) is 1.27. The molecule has 2 aromatic rings. The predicted molar refractivity (Wildman–Crippen MR) is 56.9 cm³/mol. The van der Waals surface area contributed by atoms with Gasteiger partial charge in [0.25, 0.3) is 0 Å². The molecule has 0 radical (unpaired) electrons. The van der Waals surface area contributed by atoms with Gasteiger partial charge in [-0.1, -0.05) is 6.07 Å². The summed E-state index contributed by atoms with van der Waals surface area (Å²) < 4.78 is 18.7. The molecule has 1 atom stereocenters. The van der Waals surface area contributed by atoms with E-state index in [1.165, 1.54) is 12.3 Å². The first-order chi connectivity index (χ1) is 7.36. The molecule has 0 amide bonds. The average molecular weight is 203 g/mol.